The summed E-state index contributed by atoms with van der Waals surface area (Å²) in [6.45, 7) is -0.300. The molecule has 2 aliphatic rings. The first-order valence-corrected chi connectivity index (χ1v) is 11.6. The third-order valence-corrected chi connectivity index (χ3v) is 6.96. The van der Waals surface area contributed by atoms with E-state index in [1.165, 1.54) is 6.42 Å². The van der Waals surface area contributed by atoms with Gasteiger partial charge in [-0.3, -0.25) is 14.5 Å². The van der Waals surface area contributed by atoms with Gasteiger partial charge in [-0.2, -0.15) is 0 Å². The zero-order valence-electron chi connectivity index (χ0n) is 19.9. The zero-order valence-corrected chi connectivity index (χ0v) is 19.9. The van der Waals surface area contributed by atoms with Crippen molar-refractivity contribution in [3.05, 3.63) is 59.7 Å². The molecule has 180 valence electrons. The Morgan fingerprint density at radius 1 is 0.941 bits per heavy atom. The van der Waals surface area contributed by atoms with Crippen molar-refractivity contribution in [1.82, 2.24) is 15.1 Å². The fraction of sp³-hybridized carbons (Fsp3) is 0.423. The molecule has 1 heterocycles. The number of imide groups is 1. The number of urea groups is 1. The smallest absolute Gasteiger partial charge is 0.326 e. The van der Waals surface area contributed by atoms with Crippen molar-refractivity contribution in [3.8, 4) is 11.5 Å². The van der Waals surface area contributed by atoms with E-state index in [1.54, 1.807) is 74.7 Å². The standard InChI is InChI=1S/C26H31N3O5/c1-28(20-7-5-4-6-8-20)23(30)17-29-24(31)26(27-25(29)32,18-9-13-21(33-2)14-10-18)19-11-15-22(34-3)16-12-19/h9-16,20H,4-8,17H2,1-3H3,(H,27,32). The van der Waals surface area contributed by atoms with Crippen LogP contribution in [-0.2, 0) is 15.1 Å². The van der Waals surface area contributed by atoms with Gasteiger partial charge in [-0.25, -0.2) is 4.79 Å². The van der Waals surface area contributed by atoms with E-state index in [1.807, 2.05) is 0 Å². The second-order valence-corrected chi connectivity index (χ2v) is 8.82. The molecule has 0 unspecified atom stereocenters. The second-order valence-electron chi connectivity index (χ2n) is 8.82. The van der Waals surface area contributed by atoms with E-state index in [0.717, 1.165) is 30.6 Å². The average Bonchev–Trinajstić information content (AvgIpc) is 3.14. The highest BCUT2D eigenvalue weighted by molar-refractivity contribution is 6.11. The predicted molar refractivity (Wildman–Crippen MR) is 127 cm³/mol. The Morgan fingerprint density at radius 3 is 1.91 bits per heavy atom. The third kappa shape index (κ3) is 4.20. The number of benzene rings is 2. The van der Waals surface area contributed by atoms with Crippen LogP contribution in [0.25, 0.3) is 0 Å². The maximum absolute atomic E-state index is 13.9. The molecule has 4 rings (SSSR count). The Bertz CT molecular complexity index is 998. The molecule has 1 saturated carbocycles. The molecule has 2 aromatic carbocycles. The highest BCUT2D eigenvalue weighted by Gasteiger charge is 2.54. The molecular weight excluding hydrogens is 434 g/mol. The quantitative estimate of drug-likeness (QED) is 0.634. The Labute approximate surface area is 199 Å². The number of ether oxygens (including phenoxy) is 2. The molecule has 8 nitrogen and oxygen atoms in total. The predicted octanol–water partition coefficient (Wildman–Crippen LogP) is 3.29. The molecule has 8 heteroatoms. The lowest BCUT2D eigenvalue weighted by molar-refractivity contribution is -0.139. The van der Waals surface area contributed by atoms with Crippen LogP contribution < -0.4 is 14.8 Å². The summed E-state index contributed by atoms with van der Waals surface area (Å²) in [5.74, 6) is 0.534. The van der Waals surface area contributed by atoms with Crippen LogP contribution in [0.4, 0.5) is 4.79 Å². The van der Waals surface area contributed by atoms with Gasteiger partial charge in [0.2, 0.25) is 5.91 Å². The number of carbonyl (C=O) groups is 3. The van der Waals surface area contributed by atoms with Gasteiger partial charge in [0, 0.05) is 13.1 Å². The molecule has 0 spiro atoms. The number of nitrogens with one attached hydrogen (secondary N) is 1. The molecule has 34 heavy (non-hydrogen) atoms. The van der Waals surface area contributed by atoms with Crippen molar-refractivity contribution in [1.29, 1.82) is 0 Å². The maximum Gasteiger partial charge on any atom is 0.326 e. The Morgan fingerprint density at radius 2 is 1.44 bits per heavy atom. The molecule has 0 radical (unpaired) electrons. The molecule has 2 fully saturated rings. The lowest BCUT2D eigenvalue weighted by Gasteiger charge is -2.32. The van der Waals surface area contributed by atoms with Gasteiger partial charge in [0.15, 0.2) is 5.54 Å². The largest absolute Gasteiger partial charge is 0.497 e. The molecule has 1 aliphatic carbocycles. The van der Waals surface area contributed by atoms with Crippen LogP contribution in [0.2, 0.25) is 0 Å². The minimum atomic E-state index is -1.46. The summed E-state index contributed by atoms with van der Waals surface area (Å²) in [4.78, 5) is 42.8. The fourth-order valence-electron chi connectivity index (χ4n) is 4.88. The highest BCUT2D eigenvalue weighted by atomic mass is 16.5. The van der Waals surface area contributed by atoms with Crippen molar-refractivity contribution in [3.63, 3.8) is 0 Å². The molecule has 4 amide bonds. The lowest BCUT2D eigenvalue weighted by Crippen LogP contribution is -2.47. The van der Waals surface area contributed by atoms with Crippen LogP contribution in [0.1, 0.15) is 43.2 Å². The molecule has 2 aromatic rings. The minimum Gasteiger partial charge on any atom is -0.497 e. The van der Waals surface area contributed by atoms with Gasteiger partial charge in [-0.1, -0.05) is 43.5 Å². The van der Waals surface area contributed by atoms with E-state index in [9.17, 15) is 14.4 Å². The average molecular weight is 466 g/mol. The SMILES string of the molecule is COc1ccc(C2(c3ccc(OC)cc3)NC(=O)N(CC(=O)N(C)C3CCCCC3)C2=O)cc1. The number of rotatable bonds is 7. The Hall–Kier alpha value is -3.55. The van der Waals surface area contributed by atoms with Crippen molar-refractivity contribution in [2.45, 2.75) is 43.7 Å². The Kier molecular flexibility index (Phi) is 6.77. The van der Waals surface area contributed by atoms with Gasteiger partial charge < -0.3 is 19.7 Å². The molecule has 0 bridgehead atoms. The van der Waals surface area contributed by atoms with Crippen LogP contribution in [0.5, 0.6) is 11.5 Å². The lowest BCUT2D eigenvalue weighted by atomic mass is 9.82. The van der Waals surface area contributed by atoms with Crippen molar-refractivity contribution < 1.29 is 23.9 Å². The third-order valence-electron chi connectivity index (χ3n) is 6.96. The van der Waals surface area contributed by atoms with Crippen LogP contribution in [0.15, 0.2) is 48.5 Å². The number of methoxy groups -OCH3 is 2. The first kappa shape index (κ1) is 23.6. The number of amides is 4. The Balaban J connectivity index is 1.67. The highest BCUT2D eigenvalue weighted by Crippen LogP contribution is 2.37. The van der Waals surface area contributed by atoms with Gasteiger partial charge in [-0.15, -0.1) is 0 Å². The summed E-state index contributed by atoms with van der Waals surface area (Å²) in [6, 6.07) is 13.5. The van der Waals surface area contributed by atoms with Gasteiger partial charge in [0.1, 0.15) is 18.0 Å². The fourth-order valence-corrected chi connectivity index (χ4v) is 4.88. The van der Waals surface area contributed by atoms with E-state index in [4.69, 9.17) is 9.47 Å². The molecule has 1 aliphatic heterocycles. The monoisotopic (exact) mass is 465 g/mol. The van der Waals surface area contributed by atoms with E-state index in [0.29, 0.717) is 22.6 Å². The van der Waals surface area contributed by atoms with Crippen LogP contribution in [-0.4, -0.2) is 61.5 Å². The van der Waals surface area contributed by atoms with E-state index in [-0.39, 0.29) is 18.5 Å². The molecule has 1 saturated heterocycles. The molecule has 0 aromatic heterocycles. The first-order chi connectivity index (χ1) is 16.4. The van der Waals surface area contributed by atoms with Crippen LogP contribution >= 0.6 is 0 Å². The van der Waals surface area contributed by atoms with E-state index in [2.05, 4.69) is 5.32 Å². The summed E-state index contributed by atoms with van der Waals surface area (Å²) >= 11 is 0. The number of likely N-dealkylation sites (N-methyl/N-ethyl adjacent to an activating group) is 1. The summed E-state index contributed by atoms with van der Waals surface area (Å²) in [5.41, 5.74) is -0.306. The number of carbonyl (C=O) groups excluding carboxylic acids is 3. The van der Waals surface area contributed by atoms with Gasteiger partial charge in [0.05, 0.1) is 14.2 Å². The summed E-state index contributed by atoms with van der Waals surface area (Å²) in [6.07, 6.45) is 5.25. The van der Waals surface area contributed by atoms with E-state index >= 15 is 0 Å². The molecule has 0 atom stereocenters. The van der Waals surface area contributed by atoms with E-state index < -0.39 is 17.5 Å². The van der Waals surface area contributed by atoms with Crippen molar-refractivity contribution in [2.24, 2.45) is 0 Å². The molecular formula is C26H31N3O5. The zero-order chi connectivity index (χ0) is 24.3. The summed E-state index contributed by atoms with van der Waals surface area (Å²) < 4.78 is 10.5. The number of hydrogen-bond donors (Lipinski definition) is 1. The van der Waals surface area contributed by atoms with Crippen molar-refractivity contribution >= 4 is 17.8 Å². The van der Waals surface area contributed by atoms with Crippen LogP contribution in [0.3, 0.4) is 0 Å². The summed E-state index contributed by atoms with van der Waals surface area (Å²) in [7, 11) is 4.89. The molecule has 1 N–H and O–H groups in total. The minimum absolute atomic E-state index is 0.148. The van der Waals surface area contributed by atoms with Gasteiger partial charge in [0.25, 0.3) is 5.91 Å². The van der Waals surface area contributed by atoms with Gasteiger partial charge in [-0.05, 0) is 48.2 Å². The number of hydrogen-bond acceptors (Lipinski definition) is 5. The van der Waals surface area contributed by atoms with Crippen molar-refractivity contribution in [2.75, 3.05) is 27.8 Å². The maximum atomic E-state index is 13.9. The topological polar surface area (TPSA) is 88.2 Å². The van der Waals surface area contributed by atoms with Crippen LogP contribution in [0, 0.1) is 0 Å². The van der Waals surface area contributed by atoms with Gasteiger partial charge >= 0.3 is 6.03 Å². The first-order valence-electron chi connectivity index (χ1n) is 11.6. The normalized spacial score (nSPS) is 17.9. The number of nitrogens with zero attached hydrogens (tertiary/aromatic N) is 2. The summed E-state index contributed by atoms with van der Waals surface area (Å²) in [5, 5.41) is 2.88. The second kappa shape index (κ2) is 9.75.